The SMILES string of the molecule is [2H]C([2H])(CC([2H])(N)C(=O)O)C(=O)O.[2H]C1([2H])CC(N2C(=O)c3ccccc3C2=O)C(=O)NC1=O. The van der Waals surface area contributed by atoms with E-state index in [0.29, 0.717) is 0 Å². The van der Waals surface area contributed by atoms with Crippen LogP contribution in [0.25, 0.3) is 0 Å². The lowest BCUT2D eigenvalue weighted by atomic mass is 10.0. The van der Waals surface area contributed by atoms with Gasteiger partial charge in [-0.1, -0.05) is 12.1 Å². The number of nitrogens with one attached hydrogen (secondary N) is 1. The zero-order valence-electron chi connectivity index (χ0n) is 19.7. The number of amides is 4. The van der Waals surface area contributed by atoms with Gasteiger partial charge in [-0.05, 0) is 25.0 Å². The molecule has 0 spiro atoms. The van der Waals surface area contributed by atoms with Crippen LogP contribution in [0, 0.1) is 0 Å². The molecule has 2 heterocycles. The summed E-state index contributed by atoms with van der Waals surface area (Å²) in [6.07, 6.45) is -6.77. The molecule has 0 bridgehead atoms. The Hall–Kier alpha value is -3.60. The summed E-state index contributed by atoms with van der Waals surface area (Å²) >= 11 is 0. The fourth-order valence-corrected chi connectivity index (χ4v) is 2.47. The monoisotopic (exact) mass is 410 g/mol. The van der Waals surface area contributed by atoms with E-state index in [0.717, 1.165) is 4.90 Å². The average Bonchev–Trinajstić information content (AvgIpc) is 2.95. The van der Waals surface area contributed by atoms with Gasteiger partial charge in [0.1, 0.15) is 12.1 Å². The maximum absolute atomic E-state index is 12.3. The van der Waals surface area contributed by atoms with Crippen LogP contribution in [0.1, 0.15) is 53.2 Å². The minimum absolute atomic E-state index is 0.174. The molecule has 0 aliphatic carbocycles. The van der Waals surface area contributed by atoms with Gasteiger partial charge in [-0.15, -0.1) is 0 Å². The molecule has 1 fully saturated rings. The van der Waals surface area contributed by atoms with Gasteiger partial charge >= 0.3 is 11.9 Å². The summed E-state index contributed by atoms with van der Waals surface area (Å²) in [5, 5.41) is 18.5. The molecule has 2 aliphatic heterocycles. The molecule has 29 heavy (non-hydrogen) atoms. The highest BCUT2D eigenvalue weighted by molar-refractivity contribution is 6.23. The Labute approximate surface area is 171 Å². The molecule has 5 N–H and O–H groups in total. The lowest BCUT2D eigenvalue weighted by Gasteiger charge is -2.27. The molecule has 1 saturated heterocycles. The van der Waals surface area contributed by atoms with Crippen molar-refractivity contribution in [1.29, 1.82) is 0 Å². The number of carbonyl (C=O) groups excluding carboxylic acids is 4. The number of hydrogen-bond donors (Lipinski definition) is 4. The van der Waals surface area contributed by atoms with Crippen LogP contribution in [0.2, 0.25) is 0 Å². The largest absolute Gasteiger partial charge is 0.481 e. The minimum Gasteiger partial charge on any atom is -0.481 e. The number of imide groups is 2. The molecule has 11 nitrogen and oxygen atoms in total. The van der Waals surface area contributed by atoms with Crippen LogP contribution in [0.15, 0.2) is 24.3 Å². The molecule has 1 aromatic carbocycles. The Morgan fingerprint density at radius 3 is 2.28 bits per heavy atom. The van der Waals surface area contributed by atoms with Gasteiger partial charge in [0.05, 0.1) is 12.5 Å². The predicted octanol–water partition coefficient (Wildman–Crippen LogP) is -0.649. The summed E-state index contributed by atoms with van der Waals surface area (Å²) in [5.74, 6) is -6.81. The van der Waals surface area contributed by atoms with Gasteiger partial charge in [0.15, 0.2) is 0 Å². The Morgan fingerprint density at radius 1 is 1.24 bits per heavy atom. The molecule has 11 heteroatoms. The second kappa shape index (κ2) is 9.06. The first-order valence-corrected chi connectivity index (χ1v) is 8.00. The molecule has 2 aliphatic rings. The standard InChI is InChI=1S/C13H10N2O4.C5H9NO4/c16-10-6-5-9(11(17)14-10)15-12(18)7-3-1-2-4-8(7)13(15)19;6-3(5(9)10)1-2-4(7)8/h1-4,9H,5-6H2,(H,14,16,17);3H,1-2,6H2,(H,7,8)(H,9,10)/i6D2;2D2,3D. The molecule has 2 unspecified atom stereocenters. The summed E-state index contributed by atoms with van der Waals surface area (Å²) in [7, 11) is 0. The molecule has 154 valence electrons. The van der Waals surface area contributed by atoms with Gasteiger partial charge in [-0.3, -0.25) is 39.0 Å². The summed E-state index contributed by atoms with van der Waals surface area (Å²) in [4.78, 5) is 69.0. The molecule has 2 atom stereocenters. The Morgan fingerprint density at radius 2 is 1.79 bits per heavy atom. The molecular formula is C18H19N3O8. The zero-order valence-corrected chi connectivity index (χ0v) is 14.7. The van der Waals surface area contributed by atoms with Gasteiger partial charge < -0.3 is 15.9 Å². The van der Waals surface area contributed by atoms with E-state index in [1.807, 2.05) is 5.32 Å². The maximum atomic E-state index is 12.3. The van der Waals surface area contributed by atoms with Crippen molar-refractivity contribution in [2.45, 2.75) is 37.6 Å². The highest BCUT2D eigenvalue weighted by Gasteiger charge is 2.44. The van der Waals surface area contributed by atoms with Crippen LogP contribution in [-0.4, -0.2) is 62.7 Å². The predicted molar refractivity (Wildman–Crippen MR) is 95.6 cm³/mol. The van der Waals surface area contributed by atoms with E-state index in [4.69, 9.17) is 22.8 Å². The Kier molecular flexibility index (Phi) is 4.79. The minimum atomic E-state index is -2.81. The number of piperidine rings is 1. The van der Waals surface area contributed by atoms with Crippen molar-refractivity contribution in [1.82, 2.24) is 10.2 Å². The van der Waals surface area contributed by atoms with E-state index < -0.39 is 73.2 Å². The summed E-state index contributed by atoms with van der Waals surface area (Å²) < 4.78 is 35.7. The fraction of sp³-hybridized carbons (Fsp3) is 0.333. The first-order chi connectivity index (χ1) is 15.4. The third-order valence-corrected chi connectivity index (χ3v) is 3.84. The van der Waals surface area contributed by atoms with E-state index in [1.54, 1.807) is 12.1 Å². The van der Waals surface area contributed by atoms with Crippen molar-refractivity contribution in [3.05, 3.63) is 35.4 Å². The zero-order chi connectivity index (χ0) is 26.2. The summed E-state index contributed by atoms with van der Waals surface area (Å²) in [6.45, 7) is 0. The van der Waals surface area contributed by atoms with E-state index in [-0.39, 0.29) is 11.1 Å². The first-order valence-electron chi connectivity index (χ1n) is 10.5. The lowest BCUT2D eigenvalue weighted by Crippen LogP contribution is -2.54. The number of benzene rings is 1. The number of carbonyl (C=O) groups is 6. The molecular weight excluding hydrogens is 386 g/mol. The van der Waals surface area contributed by atoms with Gasteiger partial charge in [-0.25, -0.2) is 0 Å². The third kappa shape index (κ3) is 5.02. The molecule has 1 aromatic rings. The fourth-order valence-electron chi connectivity index (χ4n) is 2.47. The molecule has 0 aromatic heterocycles. The normalized spacial score (nSPS) is 24.9. The van der Waals surface area contributed by atoms with Crippen molar-refractivity contribution in [2.75, 3.05) is 0 Å². The van der Waals surface area contributed by atoms with Gasteiger partial charge in [0, 0.05) is 18.2 Å². The van der Waals surface area contributed by atoms with Crippen LogP contribution < -0.4 is 11.1 Å². The van der Waals surface area contributed by atoms with Crippen LogP contribution in [0.5, 0.6) is 0 Å². The molecule has 3 rings (SSSR count). The summed E-state index contributed by atoms with van der Waals surface area (Å²) in [6, 6.07) is 2.17. The van der Waals surface area contributed by atoms with E-state index in [2.05, 4.69) is 0 Å². The smallest absolute Gasteiger partial charge is 0.320 e. The van der Waals surface area contributed by atoms with E-state index >= 15 is 0 Å². The topological polar surface area (TPSA) is 184 Å². The van der Waals surface area contributed by atoms with Crippen molar-refractivity contribution < 1.29 is 45.8 Å². The van der Waals surface area contributed by atoms with Crippen LogP contribution in [0.3, 0.4) is 0 Å². The number of nitrogens with two attached hydrogens (primary N) is 1. The first kappa shape index (κ1) is 15.3. The number of hydrogen-bond acceptors (Lipinski definition) is 7. The van der Waals surface area contributed by atoms with Crippen molar-refractivity contribution >= 4 is 35.6 Å². The number of nitrogens with zero attached hydrogens (tertiary/aromatic N) is 1. The second-order valence-corrected chi connectivity index (χ2v) is 5.73. The van der Waals surface area contributed by atoms with Crippen molar-refractivity contribution in [3.8, 4) is 0 Å². The highest BCUT2D eigenvalue weighted by atomic mass is 16.4. The maximum Gasteiger partial charge on any atom is 0.320 e. The van der Waals surface area contributed by atoms with E-state index in [1.165, 1.54) is 12.1 Å². The van der Waals surface area contributed by atoms with Crippen LogP contribution in [0.4, 0.5) is 0 Å². The number of aliphatic carboxylic acids is 2. The number of carboxylic acid groups (broad SMARTS) is 2. The van der Waals surface area contributed by atoms with Crippen molar-refractivity contribution in [2.24, 2.45) is 5.73 Å². The van der Waals surface area contributed by atoms with Gasteiger partial charge in [-0.2, -0.15) is 0 Å². The highest BCUT2D eigenvalue weighted by Crippen LogP contribution is 2.26. The third-order valence-electron chi connectivity index (χ3n) is 3.84. The second-order valence-electron chi connectivity index (χ2n) is 5.73. The number of fused-ring (bicyclic) bond motifs is 1. The average molecular weight is 410 g/mol. The van der Waals surface area contributed by atoms with Gasteiger partial charge in [0.2, 0.25) is 11.8 Å². The molecule has 4 amide bonds. The molecule has 0 saturated carbocycles. The van der Waals surface area contributed by atoms with E-state index in [9.17, 15) is 28.8 Å². The quantitative estimate of drug-likeness (QED) is 0.458. The van der Waals surface area contributed by atoms with Crippen LogP contribution >= 0.6 is 0 Å². The van der Waals surface area contributed by atoms with Crippen molar-refractivity contribution in [3.63, 3.8) is 0 Å². The van der Waals surface area contributed by atoms with Gasteiger partial charge in [0.25, 0.3) is 11.8 Å². The molecule has 0 radical (unpaired) electrons. The summed E-state index contributed by atoms with van der Waals surface area (Å²) in [5.41, 5.74) is 5.19. The Balaban J connectivity index is 0.000000273. The lowest BCUT2D eigenvalue weighted by molar-refractivity contribution is -0.140. The van der Waals surface area contributed by atoms with Crippen LogP contribution in [-0.2, 0) is 19.2 Å². The number of carboxylic acids is 2. The Bertz CT molecular complexity index is 1030. The number of rotatable bonds is 5.